The molecule has 5 heteroatoms. The van der Waals surface area contributed by atoms with E-state index in [0.717, 1.165) is 16.7 Å². The van der Waals surface area contributed by atoms with Crippen LogP contribution in [0.5, 0.6) is 0 Å². The summed E-state index contributed by atoms with van der Waals surface area (Å²) in [5, 5.41) is 5.49. The first-order valence-electron chi connectivity index (χ1n) is 5.21. The van der Waals surface area contributed by atoms with Gasteiger partial charge in [-0.1, -0.05) is 13.8 Å². The second-order valence-corrected chi connectivity index (χ2v) is 2.83. The zero-order valence-corrected chi connectivity index (χ0v) is 9.66. The van der Waals surface area contributed by atoms with E-state index >= 15 is 0 Å². The SMILES string of the molecule is CC.CNc1ccc2nc(NC=O)[nH]c2c1. The molecule has 1 aromatic carbocycles. The van der Waals surface area contributed by atoms with Crippen molar-refractivity contribution in [1.29, 1.82) is 0 Å². The molecule has 0 saturated heterocycles. The lowest BCUT2D eigenvalue weighted by Crippen LogP contribution is -1.94. The van der Waals surface area contributed by atoms with Gasteiger partial charge in [0.05, 0.1) is 11.0 Å². The number of H-pyrrole nitrogens is 1. The number of rotatable bonds is 3. The maximum Gasteiger partial charge on any atom is 0.213 e. The van der Waals surface area contributed by atoms with Crippen molar-refractivity contribution in [3.63, 3.8) is 0 Å². The maximum atomic E-state index is 10.2. The van der Waals surface area contributed by atoms with Gasteiger partial charge in [0.1, 0.15) is 0 Å². The van der Waals surface area contributed by atoms with Crippen LogP contribution in [-0.2, 0) is 4.79 Å². The van der Waals surface area contributed by atoms with Crippen LogP contribution in [0.4, 0.5) is 11.6 Å². The molecule has 2 rings (SSSR count). The lowest BCUT2D eigenvalue weighted by molar-refractivity contribution is -0.105. The van der Waals surface area contributed by atoms with Crippen LogP contribution in [0.25, 0.3) is 11.0 Å². The Morgan fingerprint density at radius 3 is 2.75 bits per heavy atom. The first-order chi connectivity index (χ1) is 7.83. The summed E-state index contributed by atoms with van der Waals surface area (Å²) >= 11 is 0. The summed E-state index contributed by atoms with van der Waals surface area (Å²) in [5.41, 5.74) is 2.72. The molecule has 86 valence electrons. The smallest absolute Gasteiger partial charge is 0.213 e. The Labute approximate surface area is 94.3 Å². The molecule has 0 spiro atoms. The standard InChI is InChI=1S/C9H10N4O.C2H6/c1-10-6-2-3-7-8(4-6)13-9(12-7)11-5-14;1-2/h2-5,10H,1H3,(H2,11,12,13,14);1-2H3. The minimum Gasteiger partial charge on any atom is -0.388 e. The molecule has 16 heavy (non-hydrogen) atoms. The lowest BCUT2D eigenvalue weighted by Gasteiger charge is -1.96. The molecule has 5 nitrogen and oxygen atoms in total. The second kappa shape index (κ2) is 5.75. The van der Waals surface area contributed by atoms with Crippen molar-refractivity contribution in [2.24, 2.45) is 0 Å². The maximum absolute atomic E-state index is 10.2. The van der Waals surface area contributed by atoms with E-state index in [0.29, 0.717) is 12.4 Å². The zero-order valence-electron chi connectivity index (χ0n) is 9.66. The highest BCUT2D eigenvalue weighted by atomic mass is 16.1. The zero-order chi connectivity index (χ0) is 12.0. The van der Waals surface area contributed by atoms with E-state index in [1.807, 2.05) is 39.1 Å². The minimum absolute atomic E-state index is 0.461. The van der Waals surface area contributed by atoms with E-state index in [1.165, 1.54) is 0 Å². The summed E-state index contributed by atoms with van der Waals surface area (Å²) in [5.74, 6) is 0.461. The number of benzene rings is 1. The van der Waals surface area contributed by atoms with Crippen molar-refractivity contribution >= 4 is 29.1 Å². The number of fused-ring (bicyclic) bond motifs is 1. The molecule has 0 radical (unpaired) electrons. The number of nitrogens with zero attached hydrogens (tertiary/aromatic N) is 1. The second-order valence-electron chi connectivity index (χ2n) is 2.83. The van der Waals surface area contributed by atoms with Gasteiger partial charge in [-0.25, -0.2) is 4.98 Å². The topological polar surface area (TPSA) is 69.8 Å². The van der Waals surface area contributed by atoms with Gasteiger partial charge < -0.3 is 10.3 Å². The largest absolute Gasteiger partial charge is 0.388 e. The Bertz CT molecular complexity index is 464. The fourth-order valence-electron chi connectivity index (χ4n) is 1.29. The summed E-state index contributed by atoms with van der Waals surface area (Å²) < 4.78 is 0. The number of nitrogens with one attached hydrogen (secondary N) is 3. The van der Waals surface area contributed by atoms with E-state index in [9.17, 15) is 4.79 Å². The highest BCUT2D eigenvalue weighted by Gasteiger charge is 2.01. The number of aromatic amines is 1. The van der Waals surface area contributed by atoms with Crippen LogP contribution in [0.2, 0.25) is 0 Å². The molecule has 2 aromatic rings. The predicted molar refractivity (Wildman–Crippen MR) is 66.7 cm³/mol. The highest BCUT2D eigenvalue weighted by Crippen LogP contribution is 2.18. The molecule has 0 atom stereocenters. The summed E-state index contributed by atoms with van der Waals surface area (Å²) in [6.45, 7) is 4.00. The molecule has 0 fully saturated rings. The third-order valence-electron chi connectivity index (χ3n) is 1.97. The van der Waals surface area contributed by atoms with Crippen LogP contribution in [0, 0.1) is 0 Å². The van der Waals surface area contributed by atoms with E-state index < -0.39 is 0 Å². The van der Waals surface area contributed by atoms with E-state index in [1.54, 1.807) is 0 Å². The number of carbonyl (C=O) groups excluding carboxylic acids is 1. The number of anilines is 2. The number of imidazole rings is 1. The number of aromatic nitrogens is 2. The molecular formula is C11H16N4O. The summed E-state index contributed by atoms with van der Waals surface area (Å²) in [4.78, 5) is 17.3. The normalized spacial score (nSPS) is 9.19. The van der Waals surface area contributed by atoms with Gasteiger partial charge in [-0.15, -0.1) is 0 Å². The predicted octanol–water partition coefficient (Wildman–Crippen LogP) is 2.20. The summed E-state index contributed by atoms with van der Waals surface area (Å²) in [6, 6.07) is 5.74. The van der Waals surface area contributed by atoms with Crippen LogP contribution in [0.15, 0.2) is 18.2 Å². The Morgan fingerprint density at radius 2 is 2.12 bits per heavy atom. The third-order valence-corrected chi connectivity index (χ3v) is 1.97. The van der Waals surface area contributed by atoms with Crippen LogP contribution in [-0.4, -0.2) is 23.4 Å². The molecule has 1 heterocycles. The van der Waals surface area contributed by atoms with Gasteiger partial charge in [0.25, 0.3) is 0 Å². The van der Waals surface area contributed by atoms with Crippen LogP contribution < -0.4 is 10.6 Å². The van der Waals surface area contributed by atoms with Gasteiger partial charge in [-0.3, -0.25) is 10.1 Å². The van der Waals surface area contributed by atoms with Crippen molar-refractivity contribution < 1.29 is 4.79 Å². The van der Waals surface area contributed by atoms with Gasteiger partial charge in [-0.05, 0) is 18.2 Å². The van der Waals surface area contributed by atoms with E-state index in [2.05, 4.69) is 20.6 Å². The van der Waals surface area contributed by atoms with Crippen LogP contribution in [0.1, 0.15) is 13.8 Å². The fourth-order valence-corrected chi connectivity index (χ4v) is 1.29. The monoisotopic (exact) mass is 220 g/mol. The average molecular weight is 220 g/mol. The van der Waals surface area contributed by atoms with Gasteiger partial charge in [0.15, 0.2) is 0 Å². The molecule has 0 saturated carbocycles. The molecule has 0 bridgehead atoms. The molecule has 0 aliphatic rings. The molecule has 1 amide bonds. The van der Waals surface area contributed by atoms with E-state index in [-0.39, 0.29) is 0 Å². The Kier molecular flexibility index (Phi) is 4.32. The summed E-state index contributed by atoms with van der Waals surface area (Å²) in [7, 11) is 1.85. The molecule has 3 N–H and O–H groups in total. The number of hydrogen-bond donors (Lipinski definition) is 3. The Morgan fingerprint density at radius 1 is 1.38 bits per heavy atom. The molecule has 0 unspecified atom stereocenters. The summed E-state index contributed by atoms with van der Waals surface area (Å²) in [6.07, 6.45) is 0.594. The average Bonchev–Trinajstić information content (AvgIpc) is 2.73. The number of hydrogen-bond acceptors (Lipinski definition) is 3. The number of carbonyl (C=O) groups is 1. The third kappa shape index (κ3) is 2.50. The molecule has 0 aliphatic heterocycles. The van der Waals surface area contributed by atoms with Crippen molar-refractivity contribution in [2.75, 3.05) is 17.7 Å². The number of amides is 1. The van der Waals surface area contributed by atoms with Crippen LogP contribution >= 0.6 is 0 Å². The fraction of sp³-hybridized carbons (Fsp3) is 0.273. The first kappa shape index (κ1) is 12.0. The van der Waals surface area contributed by atoms with Gasteiger partial charge in [-0.2, -0.15) is 0 Å². The van der Waals surface area contributed by atoms with Crippen LogP contribution in [0.3, 0.4) is 0 Å². The Hall–Kier alpha value is -2.04. The molecule has 0 aliphatic carbocycles. The van der Waals surface area contributed by atoms with Crippen molar-refractivity contribution in [3.8, 4) is 0 Å². The van der Waals surface area contributed by atoms with Crippen molar-refractivity contribution in [1.82, 2.24) is 9.97 Å². The van der Waals surface area contributed by atoms with Crippen molar-refractivity contribution in [2.45, 2.75) is 13.8 Å². The Balaban J connectivity index is 0.000000606. The quantitative estimate of drug-likeness (QED) is 0.694. The van der Waals surface area contributed by atoms with Gasteiger partial charge in [0, 0.05) is 12.7 Å². The lowest BCUT2D eigenvalue weighted by atomic mass is 10.3. The van der Waals surface area contributed by atoms with Crippen molar-refractivity contribution in [3.05, 3.63) is 18.2 Å². The van der Waals surface area contributed by atoms with E-state index in [4.69, 9.17) is 0 Å². The van der Waals surface area contributed by atoms with Gasteiger partial charge >= 0.3 is 0 Å². The van der Waals surface area contributed by atoms with Gasteiger partial charge in [0.2, 0.25) is 12.4 Å². The minimum atomic E-state index is 0.461. The molecular weight excluding hydrogens is 204 g/mol. The highest BCUT2D eigenvalue weighted by molar-refractivity contribution is 5.83. The molecule has 1 aromatic heterocycles. The first-order valence-corrected chi connectivity index (χ1v) is 5.21.